The minimum atomic E-state index is -0.739. The second-order valence-electron chi connectivity index (χ2n) is 7.25. The van der Waals surface area contributed by atoms with Crippen LogP contribution < -0.4 is 5.63 Å². The molecular formula is C25H17NO4. The Balaban J connectivity index is 1.66. The summed E-state index contributed by atoms with van der Waals surface area (Å²) in [6, 6.07) is 24.4. The van der Waals surface area contributed by atoms with Crippen molar-refractivity contribution in [1.29, 1.82) is 0 Å². The molecule has 5 heteroatoms. The Kier molecular flexibility index (Phi) is 4.29. The number of benzene rings is 3. The molecule has 30 heavy (non-hydrogen) atoms. The van der Waals surface area contributed by atoms with E-state index in [1.165, 1.54) is 4.90 Å². The van der Waals surface area contributed by atoms with Crippen LogP contribution in [0.3, 0.4) is 0 Å². The molecule has 0 saturated carbocycles. The van der Waals surface area contributed by atoms with E-state index in [1.807, 2.05) is 42.5 Å². The summed E-state index contributed by atoms with van der Waals surface area (Å²) >= 11 is 0. The van der Waals surface area contributed by atoms with Crippen LogP contribution in [0.1, 0.15) is 38.1 Å². The van der Waals surface area contributed by atoms with Gasteiger partial charge in [0.2, 0.25) is 0 Å². The molecule has 1 aliphatic heterocycles. The molecule has 5 nitrogen and oxygen atoms in total. The molecule has 0 N–H and O–H groups in total. The van der Waals surface area contributed by atoms with Gasteiger partial charge in [0.15, 0.2) is 0 Å². The van der Waals surface area contributed by atoms with E-state index in [9.17, 15) is 14.4 Å². The fraction of sp³-hybridized carbons (Fsp3) is 0.0800. The predicted molar refractivity (Wildman–Crippen MR) is 112 cm³/mol. The van der Waals surface area contributed by atoms with Gasteiger partial charge in [-0.1, -0.05) is 60.7 Å². The van der Waals surface area contributed by atoms with E-state index in [0.29, 0.717) is 28.3 Å². The highest BCUT2D eigenvalue weighted by Crippen LogP contribution is 2.34. The zero-order valence-electron chi connectivity index (χ0n) is 15.9. The molecule has 1 aromatic heterocycles. The fourth-order valence-electron chi connectivity index (χ4n) is 3.97. The summed E-state index contributed by atoms with van der Waals surface area (Å²) in [5.74, 6) is -0.475. The molecule has 0 bridgehead atoms. The molecule has 0 saturated heterocycles. The van der Waals surface area contributed by atoms with Crippen molar-refractivity contribution < 1.29 is 14.0 Å². The van der Waals surface area contributed by atoms with Gasteiger partial charge in [0.1, 0.15) is 11.8 Å². The van der Waals surface area contributed by atoms with E-state index in [1.54, 1.807) is 42.5 Å². The van der Waals surface area contributed by atoms with Gasteiger partial charge in [0, 0.05) is 6.42 Å². The number of nitrogens with zero attached hydrogens (tertiary/aromatic N) is 1. The lowest BCUT2D eigenvalue weighted by molar-refractivity contribution is 0.0559. The van der Waals surface area contributed by atoms with Gasteiger partial charge in [-0.15, -0.1) is 0 Å². The van der Waals surface area contributed by atoms with Crippen molar-refractivity contribution in [3.05, 3.63) is 118 Å². The Morgan fingerprint density at radius 1 is 0.733 bits per heavy atom. The monoisotopic (exact) mass is 395 g/mol. The number of carbonyl (C=O) groups is 2. The van der Waals surface area contributed by atoms with Gasteiger partial charge < -0.3 is 4.42 Å². The van der Waals surface area contributed by atoms with Crippen LogP contribution in [0, 0.1) is 0 Å². The Morgan fingerprint density at radius 3 is 2.03 bits per heavy atom. The third kappa shape index (κ3) is 2.92. The molecule has 1 atom stereocenters. The molecule has 146 valence electrons. The SMILES string of the molecule is O=C1c2ccccc2C(=O)N1[C@@H](Cc1ccccc1)c1cc2ccccc2c(=O)o1. The van der Waals surface area contributed by atoms with Crippen LogP contribution in [-0.2, 0) is 6.42 Å². The third-order valence-electron chi connectivity index (χ3n) is 5.43. The third-order valence-corrected chi connectivity index (χ3v) is 5.43. The second kappa shape index (κ2) is 7.12. The van der Waals surface area contributed by atoms with Crippen LogP contribution in [0.4, 0.5) is 0 Å². The van der Waals surface area contributed by atoms with Crippen molar-refractivity contribution in [2.45, 2.75) is 12.5 Å². The molecule has 4 aromatic rings. The van der Waals surface area contributed by atoms with E-state index in [2.05, 4.69) is 0 Å². The van der Waals surface area contributed by atoms with Gasteiger partial charge in [-0.2, -0.15) is 0 Å². The highest BCUT2D eigenvalue weighted by atomic mass is 16.4. The van der Waals surface area contributed by atoms with Crippen LogP contribution in [0.15, 0.2) is 94.1 Å². The molecule has 2 amide bonds. The smallest absolute Gasteiger partial charge is 0.343 e. The predicted octanol–water partition coefficient (Wildman–Crippen LogP) is 4.37. The standard InChI is InChI=1S/C25H17NO4/c27-23-19-12-6-7-13-20(19)24(28)26(23)21(14-16-8-2-1-3-9-16)22-15-17-10-4-5-11-18(17)25(29)30-22/h1-13,15,21H,14H2/t21-/m0/s1. The lowest BCUT2D eigenvalue weighted by Crippen LogP contribution is -2.35. The lowest BCUT2D eigenvalue weighted by atomic mass is 10.0. The summed E-state index contributed by atoms with van der Waals surface area (Å²) in [6.45, 7) is 0. The number of rotatable bonds is 4. The van der Waals surface area contributed by atoms with E-state index in [-0.39, 0.29) is 17.6 Å². The largest absolute Gasteiger partial charge is 0.425 e. The highest BCUT2D eigenvalue weighted by molar-refractivity contribution is 6.21. The van der Waals surface area contributed by atoms with Gasteiger partial charge in [-0.05, 0) is 35.2 Å². The molecule has 2 heterocycles. The van der Waals surface area contributed by atoms with Gasteiger partial charge in [-0.3, -0.25) is 14.5 Å². The van der Waals surface area contributed by atoms with Crippen LogP contribution >= 0.6 is 0 Å². The van der Waals surface area contributed by atoms with Crippen molar-refractivity contribution in [3.8, 4) is 0 Å². The average Bonchev–Trinajstić information content (AvgIpc) is 3.03. The first-order valence-corrected chi connectivity index (χ1v) is 9.67. The second-order valence-corrected chi connectivity index (χ2v) is 7.25. The Labute approximate surface area is 172 Å². The first-order valence-electron chi connectivity index (χ1n) is 9.67. The minimum absolute atomic E-state index is 0.289. The molecule has 0 fully saturated rings. The zero-order valence-corrected chi connectivity index (χ0v) is 15.9. The molecule has 5 rings (SSSR count). The number of carbonyl (C=O) groups excluding carboxylic acids is 2. The van der Waals surface area contributed by atoms with Gasteiger partial charge in [0.25, 0.3) is 11.8 Å². The summed E-state index contributed by atoms with van der Waals surface area (Å²) < 4.78 is 5.63. The van der Waals surface area contributed by atoms with Crippen molar-refractivity contribution in [3.63, 3.8) is 0 Å². The summed E-state index contributed by atoms with van der Waals surface area (Å²) in [4.78, 5) is 40.1. The van der Waals surface area contributed by atoms with Crippen molar-refractivity contribution in [1.82, 2.24) is 4.90 Å². The van der Waals surface area contributed by atoms with Crippen LogP contribution in [0.2, 0.25) is 0 Å². The topological polar surface area (TPSA) is 67.6 Å². The summed E-state index contributed by atoms with van der Waals surface area (Å²) in [6.07, 6.45) is 0.341. The van der Waals surface area contributed by atoms with Crippen molar-refractivity contribution in [2.75, 3.05) is 0 Å². The first kappa shape index (κ1) is 18.1. The highest BCUT2D eigenvalue weighted by Gasteiger charge is 2.41. The Bertz CT molecular complexity index is 1310. The van der Waals surface area contributed by atoms with Gasteiger partial charge in [-0.25, -0.2) is 4.79 Å². The molecule has 0 spiro atoms. The normalized spacial score (nSPS) is 14.2. The van der Waals surface area contributed by atoms with Crippen LogP contribution in [0.25, 0.3) is 10.8 Å². The maximum atomic E-state index is 13.1. The first-order chi connectivity index (χ1) is 14.6. The van der Waals surface area contributed by atoms with E-state index in [4.69, 9.17) is 4.42 Å². The number of hydrogen-bond donors (Lipinski definition) is 0. The Morgan fingerprint density at radius 2 is 1.33 bits per heavy atom. The molecule has 1 aliphatic rings. The minimum Gasteiger partial charge on any atom is -0.425 e. The quantitative estimate of drug-likeness (QED) is 0.481. The van der Waals surface area contributed by atoms with Gasteiger partial charge >= 0.3 is 5.63 Å². The van der Waals surface area contributed by atoms with Crippen LogP contribution in [-0.4, -0.2) is 16.7 Å². The summed E-state index contributed by atoms with van der Waals surface area (Å²) in [7, 11) is 0. The van der Waals surface area contributed by atoms with Crippen molar-refractivity contribution >= 4 is 22.6 Å². The molecule has 3 aromatic carbocycles. The fourth-order valence-corrected chi connectivity index (χ4v) is 3.97. The van der Waals surface area contributed by atoms with E-state index in [0.717, 1.165) is 5.56 Å². The molecular weight excluding hydrogens is 378 g/mol. The number of hydrogen-bond acceptors (Lipinski definition) is 4. The average molecular weight is 395 g/mol. The van der Waals surface area contributed by atoms with Crippen molar-refractivity contribution in [2.24, 2.45) is 0 Å². The molecule has 0 unspecified atom stereocenters. The number of fused-ring (bicyclic) bond motifs is 2. The van der Waals surface area contributed by atoms with E-state index < -0.39 is 11.7 Å². The van der Waals surface area contributed by atoms with Gasteiger partial charge in [0.05, 0.1) is 16.5 Å². The van der Waals surface area contributed by atoms with Crippen LogP contribution in [0.5, 0.6) is 0 Å². The maximum Gasteiger partial charge on any atom is 0.343 e. The number of amides is 2. The summed E-state index contributed by atoms with van der Waals surface area (Å²) in [5.41, 5.74) is 1.17. The van der Waals surface area contributed by atoms with E-state index >= 15 is 0 Å². The Hall–Kier alpha value is -3.99. The molecule has 0 aliphatic carbocycles. The number of imide groups is 1. The zero-order chi connectivity index (χ0) is 20.7. The maximum absolute atomic E-state index is 13.1. The lowest BCUT2D eigenvalue weighted by Gasteiger charge is -2.25. The summed E-state index contributed by atoms with van der Waals surface area (Å²) in [5, 5.41) is 1.17. The molecule has 0 radical (unpaired) electrons.